The Bertz CT molecular complexity index is 205. The largest absolute Gasteiger partial charge is 0.396 e. The van der Waals surface area contributed by atoms with Crippen molar-refractivity contribution in [3.8, 4) is 0 Å². The number of aliphatic hydroxyl groups is 1. The SMILES string of the molecule is CCN(C)C(=O)N(CCCO)C1CCC1. The molecule has 0 bridgehead atoms. The van der Waals surface area contributed by atoms with Crippen LogP contribution in [-0.4, -0.2) is 53.7 Å². The van der Waals surface area contributed by atoms with Crippen LogP contribution in [0.1, 0.15) is 32.6 Å². The van der Waals surface area contributed by atoms with Crippen LogP contribution >= 0.6 is 0 Å². The fraction of sp³-hybridized carbons (Fsp3) is 0.909. The highest BCUT2D eigenvalue weighted by atomic mass is 16.3. The van der Waals surface area contributed by atoms with Crippen molar-refractivity contribution in [2.75, 3.05) is 26.7 Å². The highest BCUT2D eigenvalue weighted by Crippen LogP contribution is 2.25. The Morgan fingerprint density at radius 2 is 2.13 bits per heavy atom. The molecule has 0 unspecified atom stereocenters. The normalized spacial score (nSPS) is 15.9. The molecule has 1 rings (SSSR count). The maximum absolute atomic E-state index is 12.0. The summed E-state index contributed by atoms with van der Waals surface area (Å²) < 4.78 is 0. The van der Waals surface area contributed by atoms with Gasteiger partial charge < -0.3 is 14.9 Å². The molecule has 4 heteroatoms. The molecular formula is C11H22N2O2. The maximum Gasteiger partial charge on any atom is 0.319 e. The number of urea groups is 1. The van der Waals surface area contributed by atoms with Crippen LogP contribution < -0.4 is 0 Å². The molecule has 15 heavy (non-hydrogen) atoms. The predicted molar refractivity (Wildman–Crippen MR) is 59.7 cm³/mol. The van der Waals surface area contributed by atoms with Gasteiger partial charge >= 0.3 is 6.03 Å². The number of hydrogen-bond acceptors (Lipinski definition) is 2. The summed E-state index contributed by atoms with van der Waals surface area (Å²) in [4.78, 5) is 15.6. The minimum Gasteiger partial charge on any atom is -0.396 e. The zero-order valence-electron chi connectivity index (χ0n) is 9.78. The van der Waals surface area contributed by atoms with Crippen LogP contribution in [0.25, 0.3) is 0 Å². The second kappa shape index (κ2) is 5.95. The lowest BCUT2D eigenvalue weighted by molar-refractivity contribution is 0.108. The van der Waals surface area contributed by atoms with Gasteiger partial charge in [0.15, 0.2) is 0 Å². The Morgan fingerprint density at radius 3 is 2.53 bits per heavy atom. The lowest BCUT2D eigenvalue weighted by Gasteiger charge is -2.39. The molecule has 1 N–H and O–H groups in total. The number of rotatable bonds is 5. The first-order valence-corrected chi connectivity index (χ1v) is 5.83. The minimum atomic E-state index is 0.107. The summed E-state index contributed by atoms with van der Waals surface area (Å²) in [5.74, 6) is 0. The molecule has 0 aromatic carbocycles. The first-order chi connectivity index (χ1) is 7.20. The Hall–Kier alpha value is -0.770. The van der Waals surface area contributed by atoms with E-state index in [1.807, 2.05) is 18.9 Å². The highest BCUT2D eigenvalue weighted by molar-refractivity contribution is 5.74. The molecule has 0 aliphatic heterocycles. The van der Waals surface area contributed by atoms with Crippen LogP contribution in [0.3, 0.4) is 0 Å². The Morgan fingerprint density at radius 1 is 1.47 bits per heavy atom. The quantitative estimate of drug-likeness (QED) is 0.749. The summed E-state index contributed by atoms with van der Waals surface area (Å²) in [6.07, 6.45) is 4.15. The standard InChI is InChI=1S/C11H22N2O2/c1-3-12(2)11(15)13(8-5-9-14)10-6-4-7-10/h10,14H,3-9H2,1-2H3. The fourth-order valence-corrected chi connectivity index (χ4v) is 1.73. The van der Waals surface area contributed by atoms with Gasteiger partial charge in [-0.25, -0.2) is 4.79 Å². The van der Waals surface area contributed by atoms with E-state index >= 15 is 0 Å². The van der Waals surface area contributed by atoms with E-state index in [9.17, 15) is 4.79 Å². The third kappa shape index (κ3) is 3.09. The monoisotopic (exact) mass is 214 g/mol. The van der Waals surface area contributed by atoms with Gasteiger partial charge in [0.1, 0.15) is 0 Å². The van der Waals surface area contributed by atoms with Gasteiger partial charge in [-0.3, -0.25) is 0 Å². The van der Waals surface area contributed by atoms with E-state index in [4.69, 9.17) is 5.11 Å². The number of aliphatic hydroxyl groups excluding tert-OH is 1. The smallest absolute Gasteiger partial charge is 0.319 e. The van der Waals surface area contributed by atoms with E-state index in [0.29, 0.717) is 19.0 Å². The number of carbonyl (C=O) groups is 1. The molecule has 1 aliphatic carbocycles. The van der Waals surface area contributed by atoms with Gasteiger partial charge in [0.05, 0.1) is 0 Å². The molecule has 0 aromatic heterocycles. The van der Waals surface area contributed by atoms with Crippen LogP contribution in [0.15, 0.2) is 0 Å². The lowest BCUT2D eigenvalue weighted by atomic mass is 9.91. The summed E-state index contributed by atoms with van der Waals surface area (Å²) in [6.45, 7) is 3.56. The predicted octanol–water partition coefficient (Wildman–Crippen LogP) is 1.29. The molecule has 88 valence electrons. The minimum absolute atomic E-state index is 0.107. The first-order valence-electron chi connectivity index (χ1n) is 5.83. The molecule has 0 spiro atoms. The average Bonchev–Trinajstić information content (AvgIpc) is 2.19. The average molecular weight is 214 g/mol. The molecule has 1 aliphatic rings. The summed E-state index contributed by atoms with van der Waals surface area (Å²) in [5.41, 5.74) is 0. The zero-order valence-corrected chi connectivity index (χ0v) is 9.78. The van der Waals surface area contributed by atoms with E-state index in [0.717, 1.165) is 19.4 Å². The van der Waals surface area contributed by atoms with Crippen LogP contribution in [-0.2, 0) is 0 Å². The second-order valence-corrected chi connectivity index (χ2v) is 4.15. The van der Waals surface area contributed by atoms with E-state index in [2.05, 4.69) is 0 Å². The van der Waals surface area contributed by atoms with Gasteiger partial charge in [0.2, 0.25) is 0 Å². The third-order valence-electron chi connectivity index (χ3n) is 3.12. The topological polar surface area (TPSA) is 43.8 Å². The van der Waals surface area contributed by atoms with Crippen molar-refractivity contribution < 1.29 is 9.90 Å². The van der Waals surface area contributed by atoms with E-state index in [1.54, 1.807) is 4.90 Å². The van der Waals surface area contributed by atoms with Crippen molar-refractivity contribution in [2.45, 2.75) is 38.6 Å². The third-order valence-corrected chi connectivity index (χ3v) is 3.12. The van der Waals surface area contributed by atoms with Crippen LogP contribution in [0.2, 0.25) is 0 Å². The molecule has 0 atom stereocenters. The van der Waals surface area contributed by atoms with Gasteiger partial charge in [0, 0.05) is 32.8 Å². The van der Waals surface area contributed by atoms with Crippen molar-refractivity contribution in [1.29, 1.82) is 0 Å². The molecule has 4 nitrogen and oxygen atoms in total. The van der Waals surface area contributed by atoms with Crippen molar-refractivity contribution in [3.05, 3.63) is 0 Å². The zero-order chi connectivity index (χ0) is 11.3. The van der Waals surface area contributed by atoms with Gasteiger partial charge in [-0.05, 0) is 32.6 Å². The Balaban J connectivity index is 2.49. The van der Waals surface area contributed by atoms with Crippen molar-refractivity contribution >= 4 is 6.03 Å². The molecule has 2 amide bonds. The second-order valence-electron chi connectivity index (χ2n) is 4.15. The van der Waals surface area contributed by atoms with Crippen LogP contribution in [0, 0.1) is 0 Å². The van der Waals surface area contributed by atoms with Crippen molar-refractivity contribution in [2.24, 2.45) is 0 Å². The number of carbonyl (C=O) groups excluding carboxylic acids is 1. The summed E-state index contributed by atoms with van der Waals surface area (Å²) in [6, 6.07) is 0.522. The molecular weight excluding hydrogens is 192 g/mol. The van der Waals surface area contributed by atoms with Gasteiger partial charge in [-0.2, -0.15) is 0 Å². The highest BCUT2D eigenvalue weighted by Gasteiger charge is 2.29. The molecule has 0 saturated heterocycles. The molecule has 1 fully saturated rings. The van der Waals surface area contributed by atoms with Crippen molar-refractivity contribution in [3.63, 3.8) is 0 Å². The number of amides is 2. The Labute approximate surface area is 91.9 Å². The van der Waals surface area contributed by atoms with Crippen molar-refractivity contribution in [1.82, 2.24) is 9.80 Å². The number of hydrogen-bond donors (Lipinski definition) is 1. The van der Waals surface area contributed by atoms with Gasteiger partial charge in [-0.1, -0.05) is 0 Å². The van der Waals surface area contributed by atoms with Crippen LogP contribution in [0.4, 0.5) is 4.79 Å². The van der Waals surface area contributed by atoms with E-state index < -0.39 is 0 Å². The van der Waals surface area contributed by atoms with Crippen LogP contribution in [0.5, 0.6) is 0 Å². The fourth-order valence-electron chi connectivity index (χ4n) is 1.73. The maximum atomic E-state index is 12.0. The van der Waals surface area contributed by atoms with E-state index in [-0.39, 0.29) is 12.6 Å². The summed E-state index contributed by atoms with van der Waals surface area (Å²) >= 11 is 0. The molecule has 0 aromatic rings. The first kappa shape index (κ1) is 12.3. The van der Waals surface area contributed by atoms with Gasteiger partial charge in [-0.15, -0.1) is 0 Å². The Kier molecular flexibility index (Phi) is 4.88. The molecule has 0 radical (unpaired) electrons. The lowest BCUT2D eigenvalue weighted by Crippen LogP contribution is -2.49. The summed E-state index contributed by atoms with van der Waals surface area (Å²) in [7, 11) is 1.83. The summed E-state index contributed by atoms with van der Waals surface area (Å²) in [5, 5.41) is 8.81. The van der Waals surface area contributed by atoms with Gasteiger partial charge in [0.25, 0.3) is 0 Å². The number of nitrogens with zero attached hydrogens (tertiary/aromatic N) is 2. The molecule has 0 heterocycles. The van der Waals surface area contributed by atoms with E-state index in [1.165, 1.54) is 6.42 Å². The molecule has 1 saturated carbocycles.